The normalized spacial score (nSPS) is 10.0. The first-order valence-electron chi connectivity index (χ1n) is 6.16. The van der Waals surface area contributed by atoms with Gasteiger partial charge in [0.15, 0.2) is 0 Å². The second-order valence-corrected chi connectivity index (χ2v) is 4.33. The highest BCUT2D eigenvalue weighted by Gasteiger charge is 2.08. The third-order valence-electron chi connectivity index (χ3n) is 2.93. The molecule has 0 heterocycles. The fourth-order valence-electron chi connectivity index (χ4n) is 1.83. The highest BCUT2D eigenvalue weighted by atomic mass is 16.5. The van der Waals surface area contributed by atoms with Gasteiger partial charge in [-0.1, -0.05) is 0 Å². The van der Waals surface area contributed by atoms with Crippen LogP contribution in [0.4, 0.5) is 17.1 Å². The summed E-state index contributed by atoms with van der Waals surface area (Å²) in [4.78, 5) is 11.0. The molecule has 0 aliphatic carbocycles. The number of carbonyl (C=O) groups is 1. The topological polar surface area (TPSA) is 93.8 Å². The zero-order valence-corrected chi connectivity index (χ0v) is 11.7. The molecular formula is C15H16N2O4. The molecule has 0 spiro atoms. The molecule has 0 amide bonds. The van der Waals surface area contributed by atoms with E-state index < -0.39 is 5.97 Å². The van der Waals surface area contributed by atoms with Gasteiger partial charge in [0.1, 0.15) is 11.5 Å². The predicted molar refractivity (Wildman–Crippen MR) is 80.6 cm³/mol. The zero-order chi connectivity index (χ0) is 15.4. The molecule has 2 aromatic carbocycles. The molecule has 2 rings (SSSR count). The van der Waals surface area contributed by atoms with Gasteiger partial charge in [-0.15, -0.1) is 0 Å². The van der Waals surface area contributed by atoms with Crippen molar-refractivity contribution in [1.29, 1.82) is 0 Å². The van der Waals surface area contributed by atoms with Gasteiger partial charge in [0.05, 0.1) is 31.2 Å². The quantitative estimate of drug-likeness (QED) is 0.732. The molecule has 6 heteroatoms. The van der Waals surface area contributed by atoms with Gasteiger partial charge < -0.3 is 25.6 Å². The Morgan fingerprint density at radius 2 is 1.71 bits per heavy atom. The number of carboxylic acid groups (broad SMARTS) is 1. The number of nitrogens with two attached hydrogens (primary N) is 1. The molecule has 0 radical (unpaired) electrons. The van der Waals surface area contributed by atoms with E-state index in [9.17, 15) is 4.79 Å². The van der Waals surface area contributed by atoms with Crippen molar-refractivity contribution in [2.75, 3.05) is 25.3 Å². The van der Waals surface area contributed by atoms with Crippen molar-refractivity contribution in [3.05, 3.63) is 42.0 Å². The first kappa shape index (κ1) is 14.5. The van der Waals surface area contributed by atoms with E-state index in [4.69, 9.17) is 20.3 Å². The largest absolute Gasteiger partial charge is 0.497 e. The Morgan fingerprint density at radius 1 is 1.10 bits per heavy atom. The van der Waals surface area contributed by atoms with E-state index in [0.29, 0.717) is 28.6 Å². The first-order valence-corrected chi connectivity index (χ1v) is 6.16. The summed E-state index contributed by atoms with van der Waals surface area (Å²) in [7, 11) is 3.11. The average molecular weight is 288 g/mol. The molecule has 2 aromatic rings. The minimum atomic E-state index is -1.01. The molecule has 0 bridgehead atoms. The number of anilines is 3. The highest BCUT2D eigenvalue weighted by molar-refractivity contribution is 5.91. The van der Waals surface area contributed by atoms with Crippen LogP contribution in [0.5, 0.6) is 11.5 Å². The number of benzene rings is 2. The van der Waals surface area contributed by atoms with Crippen molar-refractivity contribution in [2.45, 2.75) is 0 Å². The number of aromatic carboxylic acids is 1. The van der Waals surface area contributed by atoms with Crippen LogP contribution in [0.1, 0.15) is 10.4 Å². The number of nitrogens with one attached hydrogen (secondary N) is 1. The van der Waals surface area contributed by atoms with Crippen LogP contribution in [0.3, 0.4) is 0 Å². The molecule has 21 heavy (non-hydrogen) atoms. The van der Waals surface area contributed by atoms with E-state index in [1.807, 2.05) is 0 Å². The SMILES string of the molecule is COc1cc(Nc2cc(C(=O)O)ccc2N)cc(OC)c1. The summed E-state index contributed by atoms with van der Waals surface area (Å²) in [5.74, 6) is 0.218. The maximum absolute atomic E-state index is 11.0. The zero-order valence-electron chi connectivity index (χ0n) is 11.7. The molecule has 4 N–H and O–H groups in total. The summed E-state index contributed by atoms with van der Waals surface area (Å²) in [6.07, 6.45) is 0. The third-order valence-corrected chi connectivity index (χ3v) is 2.93. The van der Waals surface area contributed by atoms with Crippen LogP contribution in [0.25, 0.3) is 0 Å². The molecule has 0 saturated heterocycles. The smallest absolute Gasteiger partial charge is 0.335 e. The summed E-state index contributed by atoms with van der Waals surface area (Å²) < 4.78 is 10.4. The minimum Gasteiger partial charge on any atom is -0.497 e. The van der Waals surface area contributed by atoms with E-state index in [1.54, 1.807) is 38.5 Å². The predicted octanol–water partition coefficient (Wildman–Crippen LogP) is 2.73. The summed E-state index contributed by atoms with van der Waals surface area (Å²) >= 11 is 0. The number of ether oxygens (including phenoxy) is 2. The third kappa shape index (κ3) is 3.36. The lowest BCUT2D eigenvalue weighted by molar-refractivity contribution is 0.0697. The van der Waals surface area contributed by atoms with E-state index in [-0.39, 0.29) is 5.56 Å². The molecule has 0 atom stereocenters. The van der Waals surface area contributed by atoms with Crippen LogP contribution in [0.15, 0.2) is 36.4 Å². The van der Waals surface area contributed by atoms with Gasteiger partial charge in [-0.05, 0) is 18.2 Å². The summed E-state index contributed by atoms with van der Waals surface area (Å²) in [6, 6.07) is 9.73. The van der Waals surface area contributed by atoms with Gasteiger partial charge in [-0.2, -0.15) is 0 Å². The molecule has 0 fully saturated rings. The number of hydrogen-bond acceptors (Lipinski definition) is 5. The maximum atomic E-state index is 11.0. The highest BCUT2D eigenvalue weighted by Crippen LogP contribution is 2.30. The average Bonchev–Trinajstić information content (AvgIpc) is 2.48. The Labute approximate surface area is 122 Å². The lowest BCUT2D eigenvalue weighted by Gasteiger charge is -2.13. The Hall–Kier alpha value is -2.89. The van der Waals surface area contributed by atoms with Crippen molar-refractivity contribution in [3.8, 4) is 11.5 Å². The Kier molecular flexibility index (Phi) is 4.18. The second kappa shape index (κ2) is 6.04. The van der Waals surface area contributed by atoms with E-state index in [2.05, 4.69) is 5.32 Å². The fourth-order valence-corrected chi connectivity index (χ4v) is 1.83. The molecule has 110 valence electrons. The van der Waals surface area contributed by atoms with E-state index >= 15 is 0 Å². The van der Waals surface area contributed by atoms with Crippen LogP contribution in [0, 0.1) is 0 Å². The van der Waals surface area contributed by atoms with Gasteiger partial charge in [0, 0.05) is 23.9 Å². The Morgan fingerprint density at radius 3 is 2.24 bits per heavy atom. The van der Waals surface area contributed by atoms with Gasteiger partial charge in [0.25, 0.3) is 0 Å². The van der Waals surface area contributed by atoms with Crippen LogP contribution < -0.4 is 20.5 Å². The molecule has 0 aromatic heterocycles. The molecular weight excluding hydrogens is 272 g/mol. The molecule has 0 unspecified atom stereocenters. The van der Waals surface area contributed by atoms with Crippen LogP contribution >= 0.6 is 0 Å². The molecule has 6 nitrogen and oxygen atoms in total. The lowest BCUT2D eigenvalue weighted by Crippen LogP contribution is -2.02. The summed E-state index contributed by atoms with van der Waals surface area (Å²) in [5, 5.41) is 12.1. The minimum absolute atomic E-state index is 0.154. The Balaban J connectivity index is 2.37. The monoisotopic (exact) mass is 288 g/mol. The number of nitrogen functional groups attached to an aromatic ring is 1. The Bertz CT molecular complexity index is 648. The molecule has 0 saturated carbocycles. The van der Waals surface area contributed by atoms with E-state index in [0.717, 1.165) is 0 Å². The fraction of sp³-hybridized carbons (Fsp3) is 0.133. The summed E-state index contributed by atoms with van der Waals surface area (Å²) in [6.45, 7) is 0. The van der Waals surface area contributed by atoms with Gasteiger partial charge in [0.2, 0.25) is 0 Å². The standard InChI is InChI=1S/C15H16N2O4/c1-20-11-6-10(7-12(8-11)21-2)17-14-5-9(15(18)19)3-4-13(14)16/h3-8,17H,16H2,1-2H3,(H,18,19). The van der Waals surface area contributed by atoms with Crippen molar-refractivity contribution >= 4 is 23.0 Å². The van der Waals surface area contributed by atoms with Gasteiger partial charge >= 0.3 is 5.97 Å². The molecule has 0 aliphatic heterocycles. The number of carboxylic acids is 1. The number of hydrogen-bond donors (Lipinski definition) is 3. The van der Waals surface area contributed by atoms with Gasteiger partial charge in [-0.25, -0.2) is 4.79 Å². The number of methoxy groups -OCH3 is 2. The van der Waals surface area contributed by atoms with Crippen molar-refractivity contribution in [2.24, 2.45) is 0 Å². The van der Waals surface area contributed by atoms with E-state index in [1.165, 1.54) is 12.1 Å². The van der Waals surface area contributed by atoms with Crippen LogP contribution in [0.2, 0.25) is 0 Å². The number of rotatable bonds is 5. The van der Waals surface area contributed by atoms with Gasteiger partial charge in [-0.3, -0.25) is 0 Å². The summed E-state index contributed by atoms with van der Waals surface area (Å²) in [5.41, 5.74) is 7.65. The van der Waals surface area contributed by atoms with Crippen molar-refractivity contribution < 1.29 is 19.4 Å². The van der Waals surface area contributed by atoms with Crippen molar-refractivity contribution in [1.82, 2.24) is 0 Å². The maximum Gasteiger partial charge on any atom is 0.335 e. The van der Waals surface area contributed by atoms with Crippen LogP contribution in [-0.4, -0.2) is 25.3 Å². The van der Waals surface area contributed by atoms with Crippen molar-refractivity contribution in [3.63, 3.8) is 0 Å². The second-order valence-electron chi connectivity index (χ2n) is 4.33. The van der Waals surface area contributed by atoms with Crippen LogP contribution in [-0.2, 0) is 0 Å². The first-order chi connectivity index (χ1) is 10.0. The molecule has 0 aliphatic rings. The lowest BCUT2D eigenvalue weighted by atomic mass is 10.1.